The molecule has 0 saturated heterocycles. The summed E-state index contributed by atoms with van der Waals surface area (Å²) in [5.41, 5.74) is 1.27. The molecule has 1 aromatic carbocycles. The van der Waals surface area contributed by atoms with Crippen molar-refractivity contribution in [3.63, 3.8) is 0 Å². The van der Waals surface area contributed by atoms with Crippen molar-refractivity contribution in [2.75, 3.05) is 13.7 Å². The Balaban J connectivity index is 2.01. The second-order valence-electron chi connectivity index (χ2n) is 4.64. The van der Waals surface area contributed by atoms with E-state index in [1.165, 1.54) is 0 Å². The lowest BCUT2D eigenvalue weighted by molar-refractivity contribution is 0.0472. The number of ether oxygens (including phenoxy) is 2. The number of ketones is 1. The molecule has 0 spiro atoms. The Labute approximate surface area is 128 Å². The molecule has 0 aliphatic carbocycles. The monoisotopic (exact) mass is 303 g/mol. The van der Waals surface area contributed by atoms with E-state index < -0.39 is 5.97 Å². The minimum absolute atomic E-state index is 0.289. The van der Waals surface area contributed by atoms with Crippen LogP contribution in [0.5, 0.6) is 5.75 Å². The number of carbonyl (C=O) groups is 2. The lowest BCUT2D eigenvalue weighted by Gasteiger charge is -2.05. The average Bonchev–Trinajstić information content (AvgIpc) is 2.93. The molecule has 0 saturated carbocycles. The van der Waals surface area contributed by atoms with Crippen LogP contribution in [0.25, 0.3) is 0 Å². The van der Waals surface area contributed by atoms with E-state index >= 15 is 0 Å². The molecule has 0 unspecified atom stereocenters. The second kappa shape index (κ2) is 6.89. The summed E-state index contributed by atoms with van der Waals surface area (Å²) < 4.78 is 15.1. The third kappa shape index (κ3) is 3.33. The summed E-state index contributed by atoms with van der Waals surface area (Å²) in [7, 11) is 1.55. The first-order valence-corrected chi connectivity index (χ1v) is 6.86. The third-order valence-electron chi connectivity index (χ3n) is 3.22. The zero-order valence-corrected chi connectivity index (χ0v) is 12.7. The van der Waals surface area contributed by atoms with E-state index in [9.17, 15) is 9.59 Å². The Morgan fingerprint density at radius 2 is 1.91 bits per heavy atom. The van der Waals surface area contributed by atoms with Crippen molar-refractivity contribution in [1.29, 1.82) is 0 Å². The van der Waals surface area contributed by atoms with E-state index in [0.717, 1.165) is 0 Å². The van der Waals surface area contributed by atoms with Crippen LogP contribution in [0.15, 0.2) is 28.8 Å². The molecule has 0 fully saturated rings. The topological polar surface area (TPSA) is 78.6 Å². The van der Waals surface area contributed by atoms with Gasteiger partial charge >= 0.3 is 5.97 Å². The minimum atomic E-state index is -0.600. The van der Waals surface area contributed by atoms with Crippen molar-refractivity contribution in [3.05, 3.63) is 46.8 Å². The number of aryl methyl sites for hydroxylation is 2. The molecule has 1 heterocycles. The molecule has 0 radical (unpaired) electrons. The van der Waals surface area contributed by atoms with Crippen LogP contribution >= 0.6 is 0 Å². The van der Waals surface area contributed by atoms with Gasteiger partial charge < -0.3 is 14.0 Å². The lowest BCUT2D eigenvalue weighted by Crippen LogP contribution is -2.15. The van der Waals surface area contributed by atoms with Gasteiger partial charge in [0.25, 0.3) is 0 Å². The standard InChI is InChI=1S/C16H17NO5/c1-4-13-15(10(2)22-17-13)16(19)21-9-14(18)11-5-7-12(20-3)8-6-11/h5-8H,4,9H2,1-3H3. The Morgan fingerprint density at radius 1 is 1.23 bits per heavy atom. The molecule has 22 heavy (non-hydrogen) atoms. The van der Waals surface area contributed by atoms with Crippen LogP contribution in [-0.2, 0) is 11.2 Å². The smallest absolute Gasteiger partial charge is 0.344 e. The summed E-state index contributed by atoms with van der Waals surface area (Å²) in [6, 6.07) is 6.59. The maximum atomic E-state index is 12.0. The normalized spacial score (nSPS) is 10.3. The summed E-state index contributed by atoms with van der Waals surface area (Å²) in [6.07, 6.45) is 0.550. The van der Waals surface area contributed by atoms with Gasteiger partial charge in [-0.05, 0) is 37.6 Å². The van der Waals surface area contributed by atoms with Crippen molar-refractivity contribution in [2.45, 2.75) is 20.3 Å². The van der Waals surface area contributed by atoms with Gasteiger partial charge in [0, 0.05) is 5.56 Å². The Hall–Kier alpha value is -2.63. The van der Waals surface area contributed by atoms with Gasteiger partial charge in [-0.2, -0.15) is 0 Å². The van der Waals surface area contributed by atoms with Crippen LogP contribution < -0.4 is 4.74 Å². The minimum Gasteiger partial charge on any atom is -0.497 e. The summed E-state index contributed by atoms with van der Waals surface area (Å²) in [5, 5.41) is 3.78. The van der Waals surface area contributed by atoms with Crippen LogP contribution in [-0.4, -0.2) is 30.6 Å². The van der Waals surface area contributed by atoms with Crippen LogP contribution in [0.2, 0.25) is 0 Å². The highest BCUT2D eigenvalue weighted by Crippen LogP contribution is 2.16. The third-order valence-corrected chi connectivity index (χ3v) is 3.22. The molecule has 0 atom stereocenters. The van der Waals surface area contributed by atoms with E-state index in [-0.39, 0.29) is 12.4 Å². The average molecular weight is 303 g/mol. The van der Waals surface area contributed by atoms with Crippen molar-refractivity contribution in [1.82, 2.24) is 5.16 Å². The SMILES string of the molecule is CCc1noc(C)c1C(=O)OCC(=O)c1ccc(OC)cc1. The van der Waals surface area contributed by atoms with Gasteiger partial charge in [0.2, 0.25) is 0 Å². The van der Waals surface area contributed by atoms with Crippen molar-refractivity contribution in [3.8, 4) is 5.75 Å². The maximum absolute atomic E-state index is 12.0. The summed E-state index contributed by atoms with van der Waals surface area (Å²) >= 11 is 0. The predicted octanol–water partition coefficient (Wildman–Crippen LogP) is 2.59. The fraction of sp³-hybridized carbons (Fsp3) is 0.312. The van der Waals surface area contributed by atoms with Gasteiger partial charge in [-0.25, -0.2) is 4.79 Å². The van der Waals surface area contributed by atoms with Crippen LogP contribution in [0.1, 0.15) is 39.1 Å². The van der Waals surface area contributed by atoms with Crippen LogP contribution in [0.3, 0.4) is 0 Å². The maximum Gasteiger partial charge on any atom is 0.344 e. The number of rotatable bonds is 6. The van der Waals surface area contributed by atoms with E-state index in [1.54, 1.807) is 38.3 Å². The van der Waals surface area contributed by atoms with Crippen molar-refractivity contribution in [2.24, 2.45) is 0 Å². The number of benzene rings is 1. The molecular formula is C16H17NO5. The Morgan fingerprint density at radius 3 is 2.50 bits per heavy atom. The summed E-state index contributed by atoms with van der Waals surface area (Å²) in [4.78, 5) is 24.0. The lowest BCUT2D eigenvalue weighted by atomic mass is 10.1. The molecule has 6 nitrogen and oxygen atoms in total. The van der Waals surface area contributed by atoms with E-state index in [0.29, 0.717) is 34.8 Å². The quantitative estimate of drug-likeness (QED) is 0.603. The number of nitrogens with zero attached hydrogens (tertiary/aromatic N) is 1. The fourth-order valence-electron chi connectivity index (χ4n) is 1.98. The second-order valence-corrected chi connectivity index (χ2v) is 4.64. The van der Waals surface area contributed by atoms with Crippen LogP contribution in [0.4, 0.5) is 0 Å². The molecule has 1 aromatic heterocycles. The number of esters is 1. The first-order chi connectivity index (χ1) is 10.6. The number of hydrogen-bond acceptors (Lipinski definition) is 6. The highest BCUT2D eigenvalue weighted by Gasteiger charge is 2.21. The number of carbonyl (C=O) groups excluding carboxylic acids is 2. The fourth-order valence-corrected chi connectivity index (χ4v) is 1.98. The highest BCUT2D eigenvalue weighted by molar-refractivity contribution is 5.99. The number of methoxy groups -OCH3 is 1. The van der Waals surface area contributed by atoms with Gasteiger partial charge in [-0.1, -0.05) is 12.1 Å². The number of aromatic nitrogens is 1. The molecule has 116 valence electrons. The molecular weight excluding hydrogens is 286 g/mol. The van der Waals surface area contributed by atoms with Gasteiger partial charge in [0.1, 0.15) is 17.1 Å². The summed E-state index contributed by atoms with van der Waals surface area (Å²) in [5.74, 6) is 0.153. The largest absolute Gasteiger partial charge is 0.497 e. The number of hydrogen-bond donors (Lipinski definition) is 0. The molecule has 2 aromatic rings. The first-order valence-electron chi connectivity index (χ1n) is 6.86. The predicted molar refractivity (Wildman–Crippen MR) is 78.2 cm³/mol. The van der Waals surface area contributed by atoms with Gasteiger partial charge in [0.05, 0.1) is 12.8 Å². The molecule has 0 N–H and O–H groups in total. The Bertz CT molecular complexity index is 672. The highest BCUT2D eigenvalue weighted by atomic mass is 16.5. The van der Waals surface area contributed by atoms with E-state index in [2.05, 4.69) is 5.16 Å². The van der Waals surface area contributed by atoms with Crippen LogP contribution in [0, 0.1) is 6.92 Å². The zero-order chi connectivity index (χ0) is 16.1. The van der Waals surface area contributed by atoms with E-state index in [4.69, 9.17) is 14.0 Å². The molecule has 0 aliphatic rings. The molecule has 2 rings (SSSR count). The zero-order valence-electron chi connectivity index (χ0n) is 12.7. The first kappa shape index (κ1) is 15.8. The number of Topliss-reactive ketones (excluding diaryl/α,β-unsaturated/α-hetero) is 1. The van der Waals surface area contributed by atoms with Gasteiger partial charge in [0.15, 0.2) is 12.4 Å². The van der Waals surface area contributed by atoms with Gasteiger partial charge in [-0.15, -0.1) is 0 Å². The molecule has 0 aliphatic heterocycles. The molecule has 6 heteroatoms. The van der Waals surface area contributed by atoms with E-state index in [1.807, 2.05) is 6.92 Å². The summed E-state index contributed by atoms with van der Waals surface area (Å²) in [6.45, 7) is 3.16. The molecule has 0 bridgehead atoms. The Kier molecular flexibility index (Phi) is 4.93. The van der Waals surface area contributed by atoms with Gasteiger partial charge in [-0.3, -0.25) is 4.79 Å². The van der Waals surface area contributed by atoms with Crippen molar-refractivity contribution >= 4 is 11.8 Å². The van der Waals surface area contributed by atoms with Crippen molar-refractivity contribution < 1.29 is 23.6 Å². The molecule has 0 amide bonds.